The number of para-hydroxylation sites is 1. The van der Waals surface area contributed by atoms with E-state index in [-0.39, 0.29) is 0 Å². The summed E-state index contributed by atoms with van der Waals surface area (Å²) in [5, 5.41) is 3.65. The fourth-order valence-electron chi connectivity index (χ4n) is 1.53. The summed E-state index contributed by atoms with van der Waals surface area (Å²) in [5.41, 5.74) is 2.25. The first-order valence-electron chi connectivity index (χ1n) is 4.69. The van der Waals surface area contributed by atoms with Crippen molar-refractivity contribution in [1.82, 2.24) is 5.32 Å². The quantitative estimate of drug-likeness (QED) is 0.792. The third-order valence-corrected chi connectivity index (χ3v) is 3.42. The lowest BCUT2D eigenvalue weighted by atomic mass is 10.3. The van der Waals surface area contributed by atoms with Crippen LogP contribution in [0, 0.1) is 0 Å². The number of rotatable bonds is 3. The van der Waals surface area contributed by atoms with Crippen molar-refractivity contribution in [2.75, 3.05) is 10.8 Å². The van der Waals surface area contributed by atoms with Crippen LogP contribution in [0.1, 0.15) is 6.92 Å². The van der Waals surface area contributed by atoms with Crippen molar-refractivity contribution >= 4 is 23.9 Å². The maximum atomic E-state index is 10.4. The van der Waals surface area contributed by atoms with E-state index in [0.29, 0.717) is 0 Å². The fourth-order valence-corrected chi connectivity index (χ4v) is 2.58. The van der Waals surface area contributed by atoms with Crippen molar-refractivity contribution in [3.05, 3.63) is 41.1 Å². The molecule has 3 nitrogen and oxygen atoms in total. The molecule has 0 spiro atoms. The number of carbonyl (C=O) groups is 1. The molecule has 1 heterocycles. The van der Waals surface area contributed by atoms with Crippen LogP contribution in [0.3, 0.4) is 0 Å². The van der Waals surface area contributed by atoms with Gasteiger partial charge in [0.25, 0.3) is 0 Å². The molecule has 1 aromatic carbocycles. The van der Waals surface area contributed by atoms with Crippen LogP contribution in [-0.4, -0.2) is 12.3 Å². The van der Waals surface area contributed by atoms with E-state index in [1.165, 1.54) is 0 Å². The van der Waals surface area contributed by atoms with E-state index in [9.17, 15) is 4.79 Å². The molecule has 78 valence electrons. The molecule has 1 aliphatic rings. The van der Waals surface area contributed by atoms with Gasteiger partial charge in [-0.15, -0.1) is 0 Å². The van der Waals surface area contributed by atoms with Crippen LogP contribution in [0.25, 0.3) is 0 Å². The van der Waals surface area contributed by atoms with E-state index >= 15 is 0 Å². The smallest absolute Gasteiger partial charge is 0.211 e. The van der Waals surface area contributed by atoms with Crippen molar-refractivity contribution in [2.24, 2.45) is 0 Å². The van der Waals surface area contributed by atoms with Crippen molar-refractivity contribution in [3.63, 3.8) is 0 Å². The van der Waals surface area contributed by atoms with Crippen molar-refractivity contribution < 1.29 is 4.79 Å². The number of hydrogen-bond donors (Lipinski definition) is 1. The van der Waals surface area contributed by atoms with Gasteiger partial charge in [0.2, 0.25) is 6.41 Å². The molecule has 0 unspecified atom stereocenters. The molecule has 2 rings (SSSR count). The van der Waals surface area contributed by atoms with Gasteiger partial charge in [-0.3, -0.25) is 4.79 Å². The van der Waals surface area contributed by atoms with Gasteiger partial charge in [0.15, 0.2) is 0 Å². The number of hydrogen-bond acceptors (Lipinski definition) is 3. The molecule has 1 N–H and O–H groups in total. The molecule has 0 radical (unpaired) electrons. The second-order valence-corrected chi connectivity index (χ2v) is 4.17. The Morgan fingerprint density at radius 2 is 2.13 bits per heavy atom. The van der Waals surface area contributed by atoms with Crippen LogP contribution in [-0.2, 0) is 4.79 Å². The number of thioether (sulfide) groups is 1. The van der Waals surface area contributed by atoms with Crippen LogP contribution in [0.4, 0.5) is 5.69 Å². The Kier molecular flexibility index (Phi) is 2.97. The molecule has 15 heavy (non-hydrogen) atoms. The molecule has 0 saturated carbocycles. The molecule has 1 aliphatic heterocycles. The second kappa shape index (κ2) is 4.40. The first-order valence-corrected chi connectivity index (χ1v) is 5.68. The van der Waals surface area contributed by atoms with Gasteiger partial charge < -0.3 is 10.2 Å². The number of carbonyl (C=O) groups excluding carboxylic acids is 1. The zero-order valence-corrected chi connectivity index (χ0v) is 9.25. The van der Waals surface area contributed by atoms with Crippen LogP contribution in [0.15, 0.2) is 41.1 Å². The van der Waals surface area contributed by atoms with Gasteiger partial charge >= 0.3 is 0 Å². The third kappa shape index (κ3) is 1.99. The van der Waals surface area contributed by atoms with Gasteiger partial charge in [-0.05, 0) is 19.1 Å². The van der Waals surface area contributed by atoms with Gasteiger partial charge in [0.05, 0.1) is 10.9 Å². The zero-order chi connectivity index (χ0) is 10.7. The van der Waals surface area contributed by atoms with E-state index in [2.05, 4.69) is 22.3 Å². The topological polar surface area (TPSA) is 32.3 Å². The highest BCUT2D eigenvalue weighted by atomic mass is 32.2. The third-order valence-electron chi connectivity index (χ3n) is 2.33. The largest absolute Gasteiger partial charge is 0.333 e. The summed E-state index contributed by atoms with van der Waals surface area (Å²) < 4.78 is 0. The summed E-state index contributed by atoms with van der Waals surface area (Å²) >= 11 is 1.64. The lowest BCUT2D eigenvalue weighted by molar-refractivity contribution is -0.108. The van der Waals surface area contributed by atoms with Crippen molar-refractivity contribution in [1.29, 1.82) is 0 Å². The lowest BCUT2D eigenvalue weighted by Gasteiger charge is -2.18. The Morgan fingerprint density at radius 3 is 2.80 bits per heavy atom. The molecule has 0 aliphatic carbocycles. The van der Waals surface area contributed by atoms with E-state index in [1.54, 1.807) is 11.8 Å². The summed E-state index contributed by atoms with van der Waals surface area (Å²) in [5.74, 6) is 0.853. The van der Waals surface area contributed by atoms with Crippen LogP contribution in [0.2, 0.25) is 0 Å². The summed E-state index contributed by atoms with van der Waals surface area (Å²) in [6, 6.07) is 10.1. The number of benzene rings is 1. The lowest BCUT2D eigenvalue weighted by Crippen LogP contribution is -2.16. The van der Waals surface area contributed by atoms with Crippen LogP contribution < -0.4 is 10.2 Å². The number of anilines is 1. The number of nitrogens with zero attached hydrogens (tertiary/aromatic N) is 1. The Balaban J connectivity index is 2.23. The molecular formula is C11H12N2OS. The summed E-state index contributed by atoms with van der Waals surface area (Å²) in [7, 11) is 0. The van der Waals surface area contributed by atoms with Gasteiger partial charge in [-0.2, -0.15) is 0 Å². The fraction of sp³-hybridized carbons (Fsp3) is 0.182. The Bertz CT molecular complexity index is 389. The zero-order valence-electron chi connectivity index (χ0n) is 8.43. The minimum absolute atomic E-state index is 0.723. The van der Waals surface area contributed by atoms with Gasteiger partial charge in [-0.1, -0.05) is 30.0 Å². The minimum Gasteiger partial charge on any atom is -0.333 e. The molecule has 0 fully saturated rings. The maximum Gasteiger partial charge on any atom is 0.211 e. The van der Waals surface area contributed by atoms with Gasteiger partial charge in [0.1, 0.15) is 0 Å². The highest BCUT2D eigenvalue weighted by Gasteiger charge is 2.20. The van der Waals surface area contributed by atoms with Crippen LogP contribution >= 0.6 is 11.8 Å². The SMILES string of the molecule is CC1=C(NC=O)SCN1c1ccccc1. The first kappa shape index (κ1) is 10.1. The number of amides is 1. The normalized spacial score (nSPS) is 15.7. The van der Waals surface area contributed by atoms with E-state index < -0.39 is 0 Å². The molecule has 0 atom stereocenters. The standard InChI is InChI=1S/C11H12N2OS/c1-9-11(12-7-14)15-8-13(9)10-5-3-2-4-6-10/h2-7H,8H2,1H3,(H,12,14). The molecule has 1 aromatic rings. The van der Waals surface area contributed by atoms with E-state index in [1.807, 2.05) is 25.1 Å². The van der Waals surface area contributed by atoms with E-state index in [0.717, 1.165) is 28.7 Å². The molecule has 0 saturated heterocycles. The highest BCUT2D eigenvalue weighted by molar-refractivity contribution is 8.03. The maximum absolute atomic E-state index is 10.4. The van der Waals surface area contributed by atoms with Gasteiger partial charge in [-0.25, -0.2) is 0 Å². The Morgan fingerprint density at radius 1 is 1.40 bits per heavy atom. The molecule has 0 aromatic heterocycles. The summed E-state index contributed by atoms with van der Waals surface area (Å²) in [6.45, 7) is 2.01. The molecule has 4 heteroatoms. The second-order valence-electron chi connectivity index (χ2n) is 3.21. The highest BCUT2D eigenvalue weighted by Crippen LogP contribution is 2.33. The Labute approximate surface area is 93.2 Å². The Hall–Kier alpha value is -1.42. The average Bonchev–Trinajstić information content (AvgIpc) is 2.63. The molecule has 1 amide bonds. The van der Waals surface area contributed by atoms with E-state index in [4.69, 9.17) is 0 Å². The molecule has 0 bridgehead atoms. The molecular weight excluding hydrogens is 208 g/mol. The number of allylic oxidation sites excluding steroid dienone is 1. The van der Waals surface area contributed by atoms with Crippen LogP contribution in [0.5, 0.6) is 0 Å². The average molecular weight is 220 g/mol. The van der Waals surface area contributed by atoms with Crippen molar-refractivity contribution in [3.8, 4) is 0 Å². The van der Waals surface area contributed by atoms with Gasteiger partial charge in [0, 0.05) is 11.4 Å². The summed E-state index contributed by atoms with van der Waals surface area (Å²) in [4.78, 5) is 12.5. The predicted octanol–water partition coefficient (Wildman–Crippen LogP) is 2.13. The van der Waals surface area contributed by atoms with Crippen molar-refractivity contribution in [2.45, 2.75) is 6.92 Å². The predicted molar refractivity (Wildman–Crippen MR) is 63.3 cm³/mol. The summed E-state index contributed by atoms with van der Waals surface area (Å²) in [6.07, 6.45) is 0.723. The first-order chi connectivity index (χ1) is 7.33. The monoisotopic (exact) mass is 220 g/mol. The number of nitrogens with one attached hydrogen (secondary N) is 1. The minimum atomic E-state index is 0.723.